The molecule has 0 bridgehead atoms. The number of alkyl halides is 2. The average Bonchev–Trinajstić information content (AvgIpc) is 2.24. The Morgan fingerprint density at radius 3 is 2.56 bits per heavy atom. The van der Waals surface area contributed by atoms with Crippen molar-refractivity contribution in [1.82, 2.24) is 5.32 Å². The second-order valence-electron chi connectivity index (χ2n) is 4.33. The fraction of sp³-hybridized carbons (Fsp3) is 0.500. The Morgan fingerprint density at radius 2 is 1.94 bits per heavy atom. The molecule has 0 saturated carbocycles. The SMILES string of the molecule is OC1(Cc2ccccc2)CCNCC1(F)F. The third-order valence-electron chi connectivity index (χ3n) is 3.08. The topological polar surface area (TPSA) is 32.3 Å². The van der Waals surface area contributed by atoms with Gasteiger partial charge in [0.25, 0.3) is 5.92 Å². The number of hydrogen-bond acceptors (Lipinski definition) is 2. The molecule has 2 nitrogen and oxygen atoms in total. The normalized spacial score (nSPS) is 28.9. The van der Waals surface area contributed by atoms with E-state index >= 15 is 0 Å². The van der Waals surface area contributed by atoms with Gasteiger partial charge >= 0.3 is 0 Å². The molecule has 2 N–H and O–H groups in total. The Morgan fingerprint density at radius 1 is 1.25 bits per heavy atom. The molecule has 0 aliphatic carbocycles. The van der Waals surface area contributed by atoms with Crippen molar-refractivity contribution in [3.05, 3.63) is 35.9 Å². The van der Waals surface area contributed by atoms with Gasteiger partial charge in [0.15, 0.2) is 0 Å². The maximum atomic E-state index is 13.6. The van der Waals surface area contributed by atoms with Gasteiger partial charge in [-0.2, -0.15) is 0 Å². The van der Waals surface area contributed by atoms with Crippen LogP contribution < -0.4 is 5.32 Å². The summed E-state index contributed by atoms with van der Waals surface area (Å²) in [6.07, 6.45) is 0.0808. The summed E-state index contributed by atoms with van der Waals surface area (Å²) in [5, 5.41) is 12.7. The molecule has 1 aliphatic heterocycles. The van der Waals surface area contributed by atoms with Gasteiger partial charge in [-0.1, -0.05) is 30.3 Å². The molecule has 16 heavy (non-hydrogen) atoms. The first-order valence-corrected chi connectivity index (χ1v) is 5.38. The van der Waals surface area contributed by atoms with E-state index in [0.717, 1.165) is 5.56 Å². The molecule has 4 heteroatoms. The van der Waals surface area contributed by atoms with Crippen LogP contribution in [0.2, 0.25) is 0 Å². The lowest BCUT2D eigenvalue weighted by Crippen LogP contribution is -2.60. The van der Waals surface area contributed by atoms with Gasteiger partial charge in [0.1, 0.15) is 5.60 Å². The van der Waals surface area contributed by atoms with Gasteiger partial charge < -0.3 is 10.4 Å². The molecule has 1 atom stereocenters. The van der Waals surface area contributed by atoms with Crippen LogP contribution in [0.3, 0.4) is 0 Å². The van der Waals surface area contributed by atoms with Gasteiger partial charge in [-0.15, -0.1) is 0 Å². The lowest BCUT2D eigenvalue weighted by molar-refractivity contribution is -0.192. The Bertz CT molecular complexity index is 355. The van der Waals surface area contributed by atoms with Crippen LogP contribution in [0.15, 0.2) is 30.3 Å². The zero-order chi connectivity index (χ0) is 11.6. The Balaban J connectivity index is 2.18. The molecule has 1 heterocycles. The Kier molecular flexibility index (Phi) is 2.95. The van der Waals surface area contributed by atoms with Crippen molar-refractivity contribution < 1.29 is 13.9 Å². The highest BCUT2D eigenvalue weighted by atomic mass is 19.3. The van der Waals surface area contributed by atoms with Crippen LogP contribution in [0.1, 0.15) is 12.0 Å². The van der Waals surface area contributed by atoms with Crippen LogP contribution in [-0.4, -0.2) is 29.7 Å². The van der Waals surface area contributed by atoms with Crippen molar-refractivity contribution in [2.24, 2.45) is 0 Å². The number of aliphatic hydroxyl groups is 1. The molecule has 0 amide bonds. The summed E-state index contributed by atoms with van der Waals surface area (Å²) in [5.74, 6) is -3.07. The fourth-order valence-electron chi connectivity index (χ4n) is 2.04. The van der Waals surface area contributed by atoms with E-state index in [0.29, 0.717) is 6.54 Å². The summed E-state index contributed by atoms with van der Waals surface area (Å²) in [6.45, 7) is -0.0186. The summed E-state index contributed by atoms with van der Waals surface area (Å²) in [5.41, 5.74) is -1.17. The van der Waals surface area contributed by atoms with Gasteiger partial charge in [0, 0.05) is 6.42 Å². The molecule has 0 radical (unpaired) electrons. The molecule has 1 aliphatic rings. The smallest absolute Gasteiger partial charge is 0.288 e. The van der Waals surface area contributed by atoms with E-state index in [1.807, 2.05) is 6.07 Å². The molecule has 1 fully saturated rings. The Hall–Kier alpha value is -1.00. The van der Waals surface area contributed by atoms with Crippen LogP contribution in [0.4, 0.5) is 8.78 Å². The van der Waals surface area contributed by atoms with E-state index in [2.05, 4.69) is 5.32 Å². The molecular formula is C12H15F2NO. The number of rotatable bonds is 2. The summed E-state index contributed by atoms with van der Waals surface area (Å²) >= 11 is 0. The minimum absolute atomic E-state index is 0.00250. The minimum Gasteiger partial charge on any atom is -0.383 e. The van der Waals surface area contributed by atoms with Gasteiger partial charge in [-0.05, 0) is 18.5 Å². The van der Waals surface area contributed by atoms with E-state index in [1.54, 1.807) is 24.3 Å². The number of hydrogen-bond donors (Lipinski definition) is 2. The van der Waals surface area contributed by atoms with Crippen molar-refractivity contribution in [2.45, 2.75) is 24.4 Å². The maximum Gasteiger partial charge on any atom is 0.288 e. The highest BCUT2D eigenvalue weighted by molar-refractivity contribution is 5.19. The summed E-state index contributed by atoms with van der Waals surface area (Å²) in [7, 11) is 0. The van der Waals surface area contributed by atoms with Gasteiger partial charge in [0.05, 0.1) is 6.54 Å². The van der Waals surface area contributed by atoms with Crippen molar-refractivity contribution in [1.29, 1.82) is 0 Å². The van der Waals surface area contributed by atoms with E-state index < -0.39 is 18.1 Å². The quantitative estimate of drug-likeness (QED) is 0.804. The highest BCUT2D eigenvalue weighted by Crippen LogP contribution is 2.36. The predicted octanol–water partition coefficient (Wildman–Crippen LogP) is 1.59. The largest absolute Gasteiger partial charge is 0.383 e. The van der Waals surface area contributed by atoms with Crippen LogP contribution >= 0.6 is 0 Å². The fourth-order valence-corrected chi connectivity index (χ4v) is 2.04. The van der Waals surface area contributed by atoms with Gasteiger partial charge in [-0.25, -0.2) is 8.78 Å². The third kappa shape index (κ3) is 2.08. The predicted molar refractivity (Wildman–Crippen MR) is 57.5 cm³/mol. The minimum atomic E-state index is -3.07. The first-order valence-electron chi connectivity index (χ1n) is 5.38. The number of benzene rings is 1. The number of nitrogens with one attached hydrogen (secondary N) is 1. The van der Waals surface area contributed by atoms with Crippen LogP contribution in [0, 0.1) is 0 Å². The molecular weight excluding hydrogens is 212 g/mol. The van der Waals surface area contributed by atoms with Crippen LogP contribution in [0.5, 0.6) is 0 Å². The van der Waals surface area contributed by atoms with E-state index in [-0.39, 0.29) is 12.8 Å². The first kappa shape index (κ1) is 11.5. The van der Waals surface area contributed by atoms with Gasteiger partial charge in [-0.3, -0.25) is 0 Å². The zero-order valence-electron chi connectivity index (χ0n) is 8.92. The summed E-state index contributed by atoms with van der Waals surface area (Å²) in [4.78, 5) is 0. The van der Waals surface area contributed by atoms with Crippen LogP contribution in [0.25, 0.3) is 0 Å². The second-order valence-corrected chi connectivity index (χ2v) is 4.33. The zero-order valence-corrected chi connectivity index (χ0v) is 8.92. The maximum absolute atomic E-state index is 13.6. The summed E-state index contributed by atoms with van der Waals surface area (Å²) < 4.78 is 27.3. The summed E-state index contributed by atoms with van der Waals surface area (Å²) in [6, 6.07) is 8.93. The second kappa shape index (κ2) is 4.11. The van der Waals surface area contributed by atoms with Crippen molar-refractivity contribution in [2.75, 3.05) is 13.1 Å². The molecule has 1 unspecified atom stereocenters. The molecule has 1 aromatic rings. The van der Waals surface area contributed by atoms with E-state index in [4.69, 9.17) is 0 Å². The third-order valence-corrected chi connectivity index (χ3v) is 3.08. The lowest BCUT2D eigenvalue weighted by Gasteiger charge is -2.40. The van der Waals surface area contributed by atoms with Crippen molar-refractivity contribution in [3.63, 3.8) is 0 Å². The molecule has 88 valence electrons. The molecule has 1 aromatic carbocycles. The van der Waals surface area contributed by atoms with Crippen LogP contribution in [-0.2, 0) is 6.42 Å². The number of piperidine rings is 1. The van der Waals surface area contributed by atoms with Crippen molar-refractivity contribution >= 4 is 0 Å². The Labute approximate surface area is 93.3 Å². The monoisotopic (exact) mass is 227 g/mol. The van der Waals surface area contributed by atoms with E-state index in [1.165, 1.54) is 0 Å². The first-order chi connectivity index (χ1) is 7.54. The van der Waals surface area contributed by atoms with Crippen molar-refractivity contribution in [3.8, 4) is 0 Å². The lowest BCUT2D eigenvalue weighted by atomic mass is 9.83. The molecule has 1 saturated heterocycles. The number of halogens is 2. The average molecular weight is 227 g/mol. The standard InChI is InChI=1S/C12H15F2NO/c13-12(14)9-15-7-6-11(12,16)8-10-4-2-1-3-5-10/h1-5,15-16H,6-9H2. The van der Waals surface area contributed by atoms with Gasteiger partial charge in [0.2, 0.25) is 0 Å². The molecule has 0 spiro atoms. The highest BCUT2D eigenvalue weighted by Gasteiger charge is 2.53. The van der Waals surface area contributed by atoms with E-state index in [9.17, 15) is 13.9 Å². The molecule has 2 rings (SSSR count). The molecule has 0 aromatic heterocycles.